The zero-order chi connectivity index (χ0) is 19.7. The Morgan fingerprint density at radius 3 is 2.61 bits per heavy atom. The van der Waals surface area contributed by atoms with E-state index in [1.54, 1.807) is 29.2 Å². The van der Waals surface area contributed by atoms with E-state index < -0.39 is 16.1 Å². The molecule has 0 unspecified atom stereocenters. The van der Waals surface area contributed by atoms with Gasteiger partial charge in [-0.25, -0.2) is 4.79 Å². The Labute approximate surface area is 164 Å². The van der Waals surface area contributed by atoms with Gasteiger partial charge in [0.1, 0.15) is 17.0 Å². The first-order valence-corrected chi connectivity index (χ1v) is 10.9. The van der Waals surface area contributed by atoms with Gasteiger partial charge in [-0.15, -0.1) is 4.40 Å². The van der Waals surface area contributed by atoms with Crippen LogP contribution < -0.4 is 0 Å². The molecule has 7 heteroatoms. The fraction of sp³-hybridized carbons (Fsp3) is 0.333. The first-order chi connectivity index (χ1) is 13.5. The maximum absolute atomic E-state index is 13.0. The fourth-order valence-corrected chi connectivity index (χ4v) is 4.99. The van der Waals surface area contributed by atoms with Crippen LogP contribution in [-0.4, -0.2) is 37.7 Å². The Balaban J connectivity index is 1.60. The molecule has 0 aliphatic carbocycles. The Kier molecular flexibility index (Phi) is 4.93. The molecule has 0 amide bonds. The van der Waals surface area contributed by atoms with Crippen molar-refractivity contribution in [1.29, 1.82) is 0 Å². The second-order valence-corrected chi connectivity index (χ2v) is 8.65. The highest BCUT2D eigenvalue weighted by Crippen LogP contribution is 2.31. The van der Waals surface area contributed by atoms with E-state index in [-0.39, 0.29) is 17.0 Å². The number of piperidine rings is 1. The molecule has 2 aromatic carbocycles. The summed E-state index contributed by atoms with van der Waals surface area (Å²) in [6, 6.07) is 15.8. The average molecular weight is 398 g/mol. The lowest BCUT2D eigenvalue weighted by molar-refractivity contribution is -0.154. The number of hydrogen-bond acceptors (Lipinski definition) is 5. The van der Waals surface area contributed by atoms with E-state index in [0.29, 0.717) is 24.4 Å². The van der Waals surface area contributed by atoms with Crippen molar-refractivity contribution in [3.8, 4) is 0 Å². The van der Waals surface area contributed by atoms with Gasteiger partial charge in [-0.1, -0.05) is 42.5 Å². The molecule has 0 N–H and O–H groups in total. The maximum Gasteiger partial charge on any atom is 0.329 e. The number of nitrogens with zero attached hydrogens (tertiary/aromatic N) is 2. The Bertz CT molecular complexity index is 1020. The normalized spacial score (nSPS) is 21.5. The molecule has 2 atom stereocenters. The van der Waals surface area contributed by atoms with Gasteiger partial charge in [-0.2, -0.15) is 8.42 Å². The van der Waals surface area contributed by atoms with Crippen molar-refractivity contribution in [2.45, 2.75) is 43.2 Å². The third-order valence-corrected chi connectivity index (χ3v) is 6.55. The molecule has 2 heterocycles. The molecule has 2 aromatic rings. The minimum Gasteiger partial charge on any atom is -0.456 e. The van der Waals surface area contributed by atoms with Crippen LogP contribution in [0.3, 0.4) is 0 Å². The molecule has 28 heavy (non-hydrogen) atoms. The maximum atomic E-state index is 13.0. The van der Waals surface area contributed by atoms with Crippen LogP contribution in [-0.2, 0) is 19.6 Å². The second kappa shape index (κ2) is 7.39. The standard InChI is InChI=1S/C21H22N2O4S/c1-15(16-9-3-2-4-10-16)27-21(24)18-12-7-8-14-23(18)20-17-11-5-6-13-19(17)28(25,26)22-20/h2-6,9-11,13,15,18H,7-8,12,14H2,1H3/t15-,18+/m0/s1. The average Bonchev–Trinajstić information content (AvgIpc) is 3.00. The molecule has 1 fully saturated rings. The van der Waals surface area contributed by atoms with E-state index in [2.05, 4.69) is 4.40 Å². The van der Waals surface area contributed by atoms with Crippen molar-refractivity contribution in [1.82, 2.24) is 4.90 Å². The highest BCUT2D eigenvalue weighted by Gasteiger charge is 2.39. The summed E-state index contributed by atoms with van der Waals surface area (Å²) in [5.41, 5.74) is 1.47. The predicted molar refractivity (Wildman–Crippen MR) is 105 cm³/mol. The lowest BCUT2D eigenvalue weighted by Gasteiger charge is -2.36. The first kappa shape index (κ1) is 18.7. The summed E-state index contributed by atoms with van der Waals surface area (Å²) in [6.07, 6.45) is 2.00. The van der Waals surface area contributed by atoms with Crippen molar-refractivity contribution >= 4 is 21.8 Å². The second-order valence-electron chi connectivity index (χ2n) is 7.08. The van der Waals surface area contributed by atoms with Crippen molar-refractivity contribution in [3.05, 3.63) is 65.7 Å². The molecule has 0 aromatic heterocycles. The lowest BCUT2D eigenvalue weighted by Crippen LogP contribution is -2.48. The number of carbonyl (C=O) groups excluding carboxylic acids is 1. The number of amidine groups is 1. The zero-order valence-corrected chi connectivity index (χ0v) is 16.4. The molecule has 2 aliphatic rings. The molecule has 0 saturated carbocycles. The van der Waals surface area contributed by atoms with Crippen LogP contribution in [0.15, 0.2) is 63.9 Å². The van der Waals surface area contributed by atoms with Crippen LogP contribution in [0.5, 0.6) is 0 Å². The van der Waals surface area contributed by atoms with Crippen LogP contribution in [0, 0.1) is 0 Å². The van der Waals surface area contributed by atoms with Crippen molar-refractivity contribution in [2.24, 2.45) is 4.40 Å². The number of sulfonamides is 1. The fourth-order valence-electron chi connectivity index (χ4n) is 3.77. The van der Waals surface area contributed by atoms with Gasteiger partial charge in [0, 0.05) is 12.1 Å². The number of rotatable bonds is 3. The van der Waals surface area contributed by atoms with E-state index in [4.69, 9.17) is 4.74 Å². The van der Waals surface area contributed by atoms with E-state index in [1.165, 1.54) is 0 Å². The van der Waals surface area contributed by atoms with E-state index in [1.807, 2.05) is 37.3 Å². The minimum absolute atomic E-state index is 0.195. The molecule has 0 radical (unpaired) electrons. The van der Waals surface area contributed by atoms with Crippen molar-refractivity contribution in [2.75, 3.05) is 6.54 Å². The quantitative estimate of drug-likeness (QED) is 0.742. The van der Waals surface area contributed by atoms with Gasteiger partial charge in [0.2, 0.25) is 0 Å². The highest BCUT2D eigenvalue weighted by atomic mass is 32.2. The summed E-state index contributed by atoms with van der Waals surface area (Å²) in [5.74, 6) is 0.00477. The van der Waals surface area contributed by atoms with Crippen LogP contribution in [0.1, 0.15) is 43.4 Å². The SMILES string of the molecule is C[C@H](OC(=O)[C@H]1CCCCN1C1=NS(=O)(=O)c2ccccc21)c1ccccc1. The summed E-state index contributed by atoms with van der Waals surface area (Å²) in [7, 11) is -3.73. The van der Waals surface area contributed by atoms with Gasteiger partial charge in [0.05, 0.1) is 0 Å². The van der Waals surface area contributed by atoms with Gasteiger partial charge in [0.15, 0.2) is 5.84 Å². The molecule has 1 saturated heterocycles. The number of benzene rings is 2. The Morgan fingerprint density at radius 2 is 1.82 bits per heavy atom. The van der Waals surface area contributed by atoms with E-state index in [9.17, 15) is 13.2 Å². The number of hydrogen-bond donors (Lipinski definition) is 0. The molecular formula is C21H22N2O4S. The number of fused-ring (bicyclic) bond motifs is 1. The Morgan fingerprint density at radius 1 is 1.11 bits per heavy atom. The van der Waals surface area contributed by atoms with Crippen LogP contribution in [0.4, 0.5) is 0 Å². The number of carbonyl (C=O) groups is 1. The van der Waals surface area contributed by atoms with Crippen LogP contribution in [0.25, 0.3) is 0 Å². The molecule has 146 valence electrons. The summed E-state index contributed by atoms with van der Waals surface area (Å²) in [4.78, 5) is 14.9. The number of ether oxygens (including phenoxy) is 1. The lowest BCUT2D eigenvalue weighted by atomic mass is 10.0. The Hall–Kier alpha value is -2.67. The van der Waals surface area contributed by atoms with Crippen LogP contribution >= 0.6 is 0 Å². The summed E-state index contributed by atoms with van der Waals surface area (Å²) in [6.45, 7) is 2.41. The summed E-state index contributed by atoms with van der Waals surface area (Å²) < 4.78 is 34.5. The van der Waals surface area contributed by atoms with Gasteiger partial charge < -0.3 is 9.64 Å². The predicted octanol–water partition coefficient (Wildman–Crippen LogP) is 3.29. The third-order valence-electron chi connectivity index (χ3n) is 5.22. The minimum atomic E-state index is -3.73. The smallest absolute Gasteiger partial charge is 0.329 e. The largest absolute Gasteiger partial charge is 0.456 e. The topological polar surface area (TPSA) is 76.0 Å². The van der Waals surface area contributed by atoms with Gasteiger partial charge in [-0.05, 0) is 43.9 Å². The van der Waals surface area contributed by atoms with Gasteiger partial charge >= 0.3 is 5.97 Å². The monoisotopic (exact) mass is 398 g/mol. The van der Waals surface area contributed by atoms with Crippen molar-refractivity contribution in [3.63, 3.8) is 0 Å². The van der Waals surface area contributed by atoms with E-state index in [0.717, 1.165) is 18.4 Å². The summed E-state index contributed by atoms with van der Waals surface area (Å²) >= 11 is 0. The molecule has 4 rings (SSSR count). The third kappa shape index (κ3) is 3.42. The molecule has 2 aliphatic heterocycles. The summed E-state index contributed by atoms with van der Waals surface area (Å²) in [5, 5.41) is 0. The number of esters is 1. The van der Waals surface area contributed by atoms with Crippen LogP contribution in [0.2, 0.25) is 0 Å². The zero-order valence-electron chi connectivity index (χ0n) is 15.6. The first-order valence-electron chi connectivity index (χ1n) is 9.44. The molecule has 0 spiro atoms. The van der Waals surface area contributed by atoms with Gasteiger partial charge in [-0.3, -0.25) is 0 Å². The molecule has 0 bridgehead atoms. The van der Waals surface area contributed by atoms with Crippen molar-refractivity contribution < 1.29 is 17.9 Å². The molecular weight excluding hydrogens is 376 g/mol. The molecule has 6 nitrogen and oxygen atoms in total. The number of likely N-dealkylation sites (tertiary alicyclic amines) is 1. The van der Waals surface area contributed by atoms with E-state index >= 15 is 0 Å². The van der Waals surface area contributed by atoms with Gasteiger partial charge in [0.25, 0.3) is 10.0 Å². The highest BCUT2D eigenvalue weighted by molar-refractivity contribution is 7.90.